The molecule has 0 atom stereocenters. The van der Waals surface area contributed by atoms with E-state index in [1.54, 1.807) is 0 Å². The van der Waals surface area contributed by atoms with Gasteiger partial charge in [0.05, 0.1) is 12.5 Å². The fraction of sp³-hybridized carbons (Fsp3) is 0.935. The molecule has 1 nitrogen and oxygen atoms in total. The maximum Gasteiger partial charge on any atom is 0.0861 e. The average Bonchev–Trinajstić information content (AvgIpc) is 3.29. The predicted molar refractivity (Wildman–Crippen MR) is 289 cm³/mol. The van der Waals surface area contributed by atoms with Crippen LogP contribution in [-0.2, 0) is 4.74 Å². The molecule has 0 rings (SSSR count). The standard InChI is InChI=1S/C62H122O/c1-3-5-7-9-11-13-15-17-19-21-23-25-27-29-31-33-35-37-39-41-43-45-47-49-51-53-55-57-59-61-63-62-60-58-56-54-52-50-48-46-44-42-40-38-36-34-32-30-28-26-24-22-20-18-16-14-12-10-8-6-4-2/h59-62H,3-58H2,1-2H3. The number of hydrogen-bond acceptors (Lipinski definition) is 1. The molecule has 0 aliphatic heterocycles. The number of unbranched alkanes of at least 4 members (excludes halogenated alkanes) is 54. The molecule has 0 spiro atoms. The van der Waals surface area contributed by atoms with Crippen LogP contribution in [0.2, 0.25) is 0 Å². The zero-order valence-corrected chi connectivity index (χ0v) is 44.3. The van der Waals surface area contributed by atoms with E-state index in [1.807, 2.05) is 12.5 Å². The van der Waals surface area contributed by atoms with Crippen LogP contribution < -0.4 is 0 Å². The third-order valence-corrected chi connectivity index (χ3v) is 14.3. The Morgan fingerprint density at radius 1 is 0.175 bits per heavy atom. The minimum Gasteiger partial charge on any atom is -0.473 e. The van der Waals surface area contributed by atoms with E-state index in [0.717, 1.165) is 12.8 Å². The zero-order valence-electron chi connectivity index (χ0n) is 44.3. The van der Waals surface area contributed by atoms with Crippen LogP contribution in [0.25, 0.3) is 0 Å². The summed E-state index contributed by atoms with van der Waals surface area (Å²) in [6, 6.07) is 0. The first-order valence-electron chi connectivity index (χ1n) is 30.4. The molecule has 0 aromatic rings. The first-order valence-corrected chi connectivity index (χ1v) is 30.4. The molecule has 0 saturated carbocycles. The van der Waals surface area contributed by atoms with Gasteiger partial charge in [-0.25, -0.2) is 0 Å². The van der Waals surface area contributed by atoms with E-state index in [-0.39, 0.29) is 0 Å². The highest BCUT2D eigenvalue weighted by atomic mass is 16.5. The minimum atomic E-state index is 1.16. The van der Waals surface area contributed by atoms with Gasteiger partial charge >= 0.3 is 0 Å². The highest BCUT2D eigenvalue weighted by Crippen LogP contribution is 2.19. The molecule has 0 radical (unpaired) electrons. The van der Waals surface area contributed by atoms with Crippen LogP contribution in [0, 0.1) is 0 Å². The summed E-state index contributed by atoms with van der Waals surface area (Å²) in [7, 11) is 0. The Morgan fingerprint density at radius 3 is 0.444 bits per heavy atom. The Bertz CT molecular complexity index is 746. The highest BCUT2D eigenvalue weighted by Gasteiger charge is 1.99. The zero-order chi connectivity index (χ0) is 45.1. The third kappa shape index (κ3) is 61.3. The van der Waals surface area contributed by atoms with Gasteiger partial charge in [-0.2, -0.15) is 0 Å². The van der Waals surface area contributed by atoms with E-state index < -0.39 is 0 Å². The summed E-state index contributed by atoms with van der Waals surface area (Å²) in [5, 5.41) is 0. The van der Waals surface area contributed by atoms with Gasteiger partial charge in [-0.1, -0.05) is 348 Å². The van der Waals surface area contributed by atoms with Crippen LogP contribution in [0.4, 0.5) is 0 Å². The number of ether oxygens (including phenoxy) is 1. The topological polar surface area (TPSA) is 9.23 Å². The number of hydrogen-bond donors (Lipinski definition) is 0. The molecule has 0 unspecified atom stereocenters. The highest BCUT2D eigenvalue weighted by molar-refractivity contribution is 4.80. The Labute approximate surface area is 401 Å². The van der Waals surface area contributed by atoms with Gasteiger partial charge in [0.1, 0.15) is 0 Å². The quantitative estimate of drug-likeness (QED) is 0.0437. The fourth-order valence-electron chi connectivity index (χ4n) is 9.80. The summed E-state index contributed by atoms with van der Waals surface area (Å²) < 4.78 is 5.59. The van der Waals surface area contributed by atoms with E-state index in [9.17, 15) is 0 Å². The second-order valence-electron chi connectivity index (χ2n) is 20.8. The maximum atomic E-state index is 5.59. The van der Waals surface area contributed by atoms with Crippen molar-refractivity contribution in [3.8, 4) is 0 Å². The van der Waals surface area contributed by atoms with E-state index >= 15 is 0 Å². The van der Waals surface area contributed by atoms with Gasteiger partial charge in [0.25, 0.3) is 0 Å². The molecule has 1 heteroatoms. The van der Waals surface area contributed by atoms with Crippen molar-refractivity contribution in [2.24, 2.45) is 0 Å². The second-order valence-corrected chi connectivity index (χ2v) is 20.8. The molecule has 0 N–H and O–H groups in total. The van der Waals surface area contributed by atoms with Gasteiger partial charge in [-0.3, -0.25) is 0 Å². The summed E-state index contributed by atoms with van der Waals surface area (Å²) >= 11 is 0. The molecule has 0 aromatic carbocycles. The Hall–Kier alpha value is -0.720. The normalized spacial score (nSPS) is 11.9. The van der Waals surface area contributed by atoms with Crippen molar-refractivity contribution in [2.75, 3.05) is 0 Å². The molecular weight excluding hydrogens is 761 g/mol. The van der Waals surface area contributed by atoms with Crippen LogP contribution in [0.15, 0.2) is 24.7 Å². The summed E-state index contributed by atoms with van der Waals surface area (Å²) in [5.74, 6) is 0. The molecule has 0 amide bonds. The lowest BCUT2D eigenvalue weighted by Crippen LogP contribution is -1.85. The second kappa shape index (κ2) is 61.3. The van der Waals surface area contributed by atoms with E-state index in [4.69, 9.17) is 4.74 Å². The van der Waals surface area contributed by atoms with Crippen molar-refractivity contribution in [1.29, 1.82) is 0 Å². The van der Waals surface area contributed by atoms with Gasteiger partial charge < -0.3 is 4.74 Å². The summed E-state index contributed by atoms with van der Waals surface area (Å²) in [5.41, 5.74) is 0. The lowest BCUT2D eigenvalue weighted by atomic mass is 10.0. The van der Waals surface area contributed by atoms with E-state index in [0.29, 0.717) is 0 Å². The van der Waals surface area contributed by atoms with Crippen molar-refractivity contribution in [3.05, 3.63) is 24.7 Å². The molecule has 63 heavy (non-hydrogen) atoms. The van der Waals surface area contributed by atoms with Crippen LogP contribution in [0.5, 0.6) is 0 Å². The van der Waals surface area contributed by atoms with Gasteiger partial charge in [0.15, 0.2) is 0 Å². The lowest BCUT2D eigenvalue weighted by Gasteiger charge is -2.04. The van der Waals surface area contributed by atoms with Crippen LogP contribution in [-0.4, -0.2) is 0 Å². The predicted octanol–water partition coefficient (Wildman–Crippen LogP) is 23.9. The van der Waals surface area contributed by atoms with Crippen molar-refractivity contribution >= 4 is 0 Å². The molecule has 376 valence electrons. The molecule has 0 aliphatic carbocycles. The monoisotopic (exact) mass is 883 g/mol. The average molecular weight is 884 g/mol. The lowest BCUT2D eigenvalue weighted by molar-refractivity contribution is 0.397. The summed E-state index contributed by atoms with van der Waals surface area (Å²) in [6.07, 6.45) is 89.3. The third-order valence-electron chi connectivity index (χ3n) is 14.3. The van der Waals surface area contributed by atoms with Crippen molar-refractivity contribution in [3.63, 3.8) is 0 Å². The van der Waals surface area contributed by atoms with Crippen molar-refractivity contribution < 1.29 is 4.74 Å². The molecular formula is C62H122O. The molecule has 0 heterocycles. The van der Waals surface area contributed by atoms with Gasteiger partial charge in [0.2, 0.25) is 0 Å². The van der Waals surface area contributed by atoms with Crippen molar-refractivity contribution in [1.82, 2.24) is 0 Å². The molecule has 0 aromatic heterocycles. The van der Waals surface area contributed by atoms with Crippen LogP contribution >= 0.6 is 0 Å². The molecule has 0 bridgehead atoms. The molecule has 0 saturated heterocycles. The van der Waals surface area contributed by atoms with E-state index in [1.165, 1.54) is 347 Å². The Balaban J connectivity index is 3.14. The summed E-state index contributed by atoms with van der Waals surface area (Å²) in [6.45, 7) is 4.62. The Kier molecular flexibility index (Phi) is 60.6. The fourth-order valence-corrected chi connectivity index (χ4v) is 9.80. The van der Waals surface area contributed by atoms with Crippen LogP contribution in [0.3, 0.4) is 0 Å². The number of rotatable bonds is 58. The smallest absolute Gasteiger partial charge is 0.0861 e. The minimum absolute atomic E-state index is 1.16. The molecule has 0 aliphatic rings. The van der Waals surface area contributed by atoms with Gasteiger partial charge in [-0.05, 0) is 37.8 Å². The van der Waals surface area contributed by atoms with E-state index in [2.05, 4.69) is 26.0 Å². The maximum absolute atomic E-state index is 5.59. The Morgan fingerprint density at radius 2 is 0.302 bits per heavy atom. The SMILES string of the molecule is CCCCCCCCCCCCCCCCCCCCCCCCCCCCCC=COC=CCCCCCCCCCCCCCCCCCCCCCCCCCCCCC. The van der Waals surface area contributed by atoms with Crippen molar-refractivity contribution in [2.45, 2.75) is 373 Å². The summed E-state index contributed by atoms with van der Waals surface area (Å²) in [4.78, 5) is 0. The first-order chi connectivity index (χ1) is 31.4. The van der Waals surface area contributed by atoms with Crippen LogP contribution in [0.1, 0.15) is 373 Å². The first kappa shape index (κ1) is 62.3. The largest absolute Gasteiger partial charge is 0.473 e. The van der Waals surface area contributed by atoms with Gasteiger partial charge in [0, 0.05) is 0 Å². The molecule has 0 fully saturated rings. The number of allylic oxidation sites excluding steroid dienone is 2. The van der Waals surface area contributed by atoms with Gasteiger partial charge in [-0.15, -0.1) is 0 Å².